The third-order valence-electron chi connectivity index (χ3n) is 4.76. The van der Waals surface area contributed by atoms with E-state index >= 15 is 0 Å². The molecule has 0 bridgehead atoms. The molecule has 26 heavy (non-hydrogen) atoms. The summed E-state index contributed by atoms with van der Waals surface area (Å²) in [6.45, 7) is 2.76. The van der Waals surface area contributed by atoms with Crippen molar-refractivity contribution in [3.05, 3.63) is 46.9 Å². The van der Waals surface area contributed by atoms with Gasteiger partial charge in [0.1, 0.15) is 0 Å². The first-order valence-corrected chi connectivity index (χ1v) is 9.95. The van der Waals surface area contributed by atoms with Gasteiger partial charge in [0, 0.05) is 13.0 Å². The second kappa shape index (κ2) is 7.29. The summed E-state index contributed by atoms with van der Waals surface area (Å²) in [5.41, 5.74) is 2.64. The van der Waals surface area contributed by atoms with Crippen LogP contribution in [0.4, 0.5) is 5.13 Å². The predicted molar refractivity (Wildman–Crippen MR) is 105 cm³/mol. The van der Waals surface area contributed by atoms with Crippen molar-refractivity contribution in [1.82, 2.24) is 15.0 Å². The maximum absolute atomic E-state index is 12.8. The lowest BCUT2D eigenvalue weighted by molar-refractivity contribution is -0.120. The molecule has 0 saturated carbocycles. The van der Waals surface area contributed by atoms with E-state index in [1.807, 2.05) is 25.1 Å². The number of hydrogen-bond acceptors (Lipinski definition) is 6. The van der Waals surface area contributed by atoms with E-state index in [1.165, 1.54) is 5.56 Å². The molecule has 7 heteroatoms. The highest BCUT2D eigenvalue weighted by molar-refractivity contribution is 7.22. The van der Waals surface area contributed by atoms with E-state index in [1.54, 1.807) is 11.3 Å². The van der Waals surface area contributed by atoms with Crippen LogP contribution in [0, 0.1) is 6.92 Å². The summed E-state index contributed by atoms with van der Waals surface area (Å²) in [5.74, 6) is 0.284. The van der Waals surface area contributed by atoms with Gasteiger partial charge in [-0.25, -0.2) is 4.98 Å². The fourth-order valence-electron chi connectivity index (χ4n) is 3.45. The van der Waals surface area contributed by atoms with Gasteiger partial charge < -0.3 is 4.90 Å². The highest BCUT2D eigenvalue weighted by Crippen LogP contribution is 2.34. The number of aromatic nitrogens is 3. The maximum atomic E-state index is 12.8. The predicted octanol–water partition coefficient (Wildman–Crippen LogP) is 4.22. The smallest absolute Gasteiger partial charge is 0.224 e. The van der Waals surface area contributed by atoms with E-state index in [-0.39, 0.29) is 17.1 Å². The Balaban J connectivity index is 1.53. The number of ketones is 1. The molecule has 0 radical (unpaired) electrons. The number of Topliss-reactive ketones (excluding diaryl/α,β-unsaturated/α-hetero) is 1. The number of thiazole rings is 1. The minimum atomic E-state index is -0.0944. The largest absolute Gasteiger partial charge is 0.338 e. The molecular weight excluding hydrogens is 368 g/mol. The molecule has 3 heterocycles. The number of rotatable bonds is 5. The number of anilines is 1. The van der Waals surface area contributed by atoms with Gasteiger partial charge in [-0.1, -0.05) is 41.7 Å². The molecule has 0 amide bonds. The molecule has 1 atom stereocenters. The SMILES string of the molecule is Cc1nc(Cl)nc2nc(N3CCC[C@@H]3C(=O)CCc3ccccc3)sc12. The average molecular weight is 387 g/mol. The van der Waals surface area contributed by atoms with Crippen molar-refractivity contribution < 1.29 is 4.79 Å². The Morgan fingerprint density at radius 2 is 2.08 bits per heavy atom. The van der Waals surface area contributed by atoms with E-state index in [9.17, 15) is 4.79 Å². The zero-order valence-corrected chi connectivity index (χ0v) is 16.1. The van der Waals surface area contributed by atoms with Gasteiger partial charge >= 0.3 is 0 Å². The van der Waals surface area contributed by atoms with Crippen molar-refractivity contribution in [3.63, 3.8) is 0 Å². The molecule has 1 saturated heterocycles. The first-order chi connectivity index (χ1) is 12.6. The Morgan fingerprint density at radius 1 is 1.27 bits per heavy atom. The van der Waals surface area contributed by atoms with Crippen LogP contribution in [0.1, 0.15) is 30.5 Å². The minimum Gasteiger partial charge on any atom is -0.338 e. The van der Waals surface area contributed by atoms with Crippen molar-refractivity contribution in [3.8, 4) is 0 Å². The molecule has 1 aliphatic heterocycles. The summed E-state index contributed by atoms with van der Waals surface area (Å²) >= 11 is 7.49. The van der Waals surface area contributed by atoms with Crippen LogP contribution < -0.4 is 4.90 Å². The quantitative estimate of drug-likeness (QED) is 0.614. The number of hydrogen-bond donors (Lipinski definition) is 0. The zero-order chi connectivity index (χ0) is 18.1. The summed E-state index contributed by atoms with van der Waals surface area (Å²) in [6, 6.07) is 10.1. The molecule has 1 aromatic carbocycles. The normalized spacial score (nSPS) is 17.2. The van der Waals surface area contributed by atoms with E-state index in [2.05, 4.69) is 32.0 Å². The van der Waals surface area contributed by atoms with Gasteiger partial charge in [0.15, 0.2) is 16.6 Å². The summed E-state index contributed by atoms with van der Waals surface area (Å²) in [6.07, 6.45) is 3.23. The second-order valence-electron chi connectivity index (χ2n) is 6.53. The Kier molecular flexibility index (Phi) is 4.87. The molecule has 1 aliphatic rings. The number of halogens is 1. The molecule has 5 nitrogen and oxygen atoms in total. The van der Waals surface area contributed by atoms with Crippen molar-refractivity contribution >= 4 is 44.2 Å². The molecular formula is C19H19ClN4OS. The summed E-state index contributed by atoms with van der Waals surface area (Å²) < 4.78 is 0.937. The third kappa shape index (κ3) is 3.44. The maximum Gasteiger partial charge on any atom is 0.224 e. The first-order valence-electron chi connectivity index (χ1n) is 8.76. The van der Waals surface area contributed by atoms with E-state index in [0.29, 0.717) is 12.1 Å². The standard InChI is InChI=1S/C19H19ClN4OS/c1-12-16-17(22-18(20)21-12)23-19(26-16)24-11-5-8-14(24)15(25)10-9-13-6-3-2-4-7-13/h2-4,6-7,14H,5,8-11H2,1H3/t14-/m1/s1. The zero-order valence-electron chi connectivity index (χ0n) is 14.5. The lowest BCUT2D eigenvalue weighted by Crippen LogP contribution is -2.36. The van der Waals surface area contributed by atoms with Gasteiger partial charge in [-0.05, 0) is 43.4 Å². The Bertz CT molecular complexity index is 943. The van der Waals surface area contributed by atoms with E-state index in [0.717, 1.165) is 41.3 Å². The summed E-state index contributed by atoms with van der Waals surface area (Å²) in [7, 11) is 0. The lowest BCUT2D eigenvalue weighted by Gasteiger charge is -2.22. The summed E-state index contributed by atoms with van der Waals surface area (Å²) in [4.78, 5) is 28.0. The second-order valence-corrected chi connectivity index (χ2v) is 7.85. The topological polar surface area (TPSA) is 59.0 Å². The molecule has 0 spiro atoms. The molecule has 3 aromatic rings. The fourth-order valence-corrected chi connectivity index (χ4v) is 4.68. The monoisotopic (exact) mass is 386 g/mol. The van der Waals surface area contributed by atoms with Crippen LogP contribution >= 0.6 is 22.9 Å². The fraction of sp³-hybridized carbons (Fsp3) is 0.368. The first kappa shape index (κ1) is 17.4. The number of nitrogens with zero attached hydrogens (tertiary/aromatic N) is 4. The minimum absolute atomic E-state index is 0.0944. The van der Waals surface area contributed by atoms with Crippen molar-refractivity contribution in [2.75, 3.05) is 11.4 Å². The van der Waals surface area contributed by atoms with Crippen molar-refractivity contribution in [2.24, 2.45) is 0 Å². The van der Waals surface area contributed by atoms with Gasteiger partial charge in [-0.15, -0.1) is 0 Å². The molecule has 0 aliphatic carbocycles. The summed E-state index contributed by atoms with van der Waals surface area (Å²) in [5, 5.41) is 1.05. The Hall–Kier alpha value is -2.05. The van der Waals surface area contributed by atoms with Gasteiger partial charge in [0.2, 0.25) is 5.28 Å². The lowest BCUT2D eigenvalue weighted by atomic mass is 10.0. The molecule has 2 aromatic heterocycles. The number of carbonyl (C=O) groups is 1. The number of benzene rings is 1. The molecule has 0 N–H and O–H groups in total. The highest BCUT2D eigenvalue weighted by Gasteiger charge is 2.32. The van der Waals surface area contributed by atoms with Crippen LogP contribution in [0.2, 0.25) is 5.28 Å². The molecule has 4 rings (SSSR count). The highest BCUT2D eigenvalue weighted by atomic mass is 35.5. The van der Waals surface area contributed by atoms with Crippen molar-refractivity contribution in [1.29, 1.82) is 0 Å². The van der Waals surface area contributed by atoms with E-state index in [4.69, 9.17) is 11.6 Å². The van der Waals surface area contributed by atoms with Crippen LogP contribution in [0.5, 0.6) is 0 Å². The van der Waals surface area contributed by atoms with Crippen molar-refractivity contribution in [2.45, 2.75) is 38.6 Å². The number of carbonyl (C=O) groups excluding carboxylic acids is 1. The van der Waals surface area contributed by atoms with E-state index < -0.39 is 0 Å². The molecule has 0 unspecified atom stereocenters. The van der Waals surface area contributed by atoms with Crippen LogP contribution in [-0.4, -0.2) is 33.3 Å². The van der Waals surface area contributed by atoms with Crippen LogP contribution in [0.25, 0.3) is 10.3 Å². The van der Waals surface area contributed by atoms with Crippen LogP contribution in [0.15, 0.2) is 30.3 Å². The molecule has 134 valence electrons. The van der Waals surface area contributed by atoms with Gasteiger partial charge in [-0.2, -0.15) is 9.97 Å². The number of aryl methyl sites for hydroxylation is 2. The average Bonchev–Trinajstić information content (AvgIpc) is 3.27. The Morgan fingerprint density at radius 3 is 2.88 bits per heavy atom. The van der Waals surface area contributed by atoms with Crippen LogP contribution in [-0.2, 0) is 11.2 Å². The Labute approximate surface area is 161 Å². The molecule has 1 fully saturated rings. The van der Waals surface area contributed by atoms with Crippen LogP contribution in [0.3, 0.4) is 0 Å². The third-order valence-corrected chi connectivity index (χ3v) is 6.12. The van der Waals surface area contributed by atoms with Gasteiger partial charge in [0.25, 0.3) is 0 Å². The van der Waals surface area contributed by atoms with Gasteiger partial charge in [-0.3, -0.25) is 4.79 Å². The van der Waals surface area contributed by atoms with Gasteiger partial charge in [0.05, 0.1) is 16.4 Å². The number of fused-ring (bicyclic) bond motifs is 1.